The Balaban J connectivity index is 1.86. The third-order valence-corrected chi connectivity index (χ3v) is 3.84. The molecule has 1 aromatic heterocycles. The summed E-state index contributed by atoms with van der Waals surface area (Å²) in [6.45, 7) is 1.14. The van der Waals surface area contributed by atoms with Gasteiger partial charge < -0.3 is 19.8 Å². The summed E-state index contributed by atoms with van der Waals surface area (Å²) in [7, 11) is 3.47. The molecule has 124 valence electrons. The van der Waals surface area contributed by atoms with E-state index in [9.17, 15) is 4.79 Å². The summed E-state index contributed by atoms with van der Waals surface area (Å²) in [6.07, 6.45) is 0. The van der Waals surface area contributed by atoms with E-state index in [2.05, 4.69) is 10.6 Å². The molecule has 2 N–H and O–H groups in total. The van der Waals surface area contributed by atoms with Crippen LogP contribution in [0.25, 0.3) is 11.0 Å². The molecule has 0 aliphatic carbocycles. The van der Waals surface area contributed by atoms with Gasteiger partial charge in [0.15, 0.2) is 17.1 Å². The summed E-state index contributed by atoms with van der Waals surface area (Å²) in [5.74, 6) is 0.655. The molecule has 0 bridgehead atoms. The highest BCUT2D eigenvalue weighted by Gasteiger charge is 2.17. The van der Waals surface area contributed by atoms with Crippen molar-refractivity contribution in [2.45, 2.75) is 13.1 Å². The lowest BCUT2D eigenvalue weighted by Crippen LogP contribution is -2.22. The number of carbonyl (C=O) groups is 1. The summed E-state index contributed by atoms with van der Waals surface area (Å²) < 4.78 is 11.1. The molecule has 0 radical (unpaired) electrons. The van der Waals surface area contributed by atoms with Gasteiger partial charge in [-0.2, -0.15) is 0 Å². The Hall–Kier alpha value is -2.79. The number of methoxy groups -OCH3 is 1. The average Bonchev–Trinajstić information content (AvgIpc) is 3.07. The monoisotopic (exact) mass is 324 g/mol. The van der Waals surface area contributed by atoms with Crippen LogP contribution >= 0.6 is 0 Å². The standard InChI is InChI=1S/C19H20N2O3/c1-20-12-14-8-9-16(23-2)18-15(14)10-17(24-18)19(22)21-11-13-6-4-3-5-7-13/h3-10,20H,11-12H2,1-2H3,(H,21,22). The Morgan fingerprint density at radius 3 is 2.62 bits per heavy atom. The Morgan fingerprint density at radius 1 is 1.12 bits per heavy atom. The highest BCUT2D eigenvalue weighted by molar-refractivity contribution is 5.98. The minimum Gasteiger partial charge on any atom is -0.493 e. The maximum absolute atomic E-state index is 12.4. The van der Waals surface area contributed by atoms with E-state index in [-0.39, 0.29) is 11.7 Å². The molecule has 5 heteroatoms. The van der Waals surface area contributed by atoms with Gasteiger partial charge in [0.2, 0.25) is 0 Å². The van der Waals surface area contributed by atoms with Gasteiger partial charge in [0.25, 0.3) is 5.91 Å². The first kappa shape index (κ1) is 16.1. The van der Waals surface area contributed by atoms with Crippen molar-refractivity contribution >= 4 is 16.9 Å². The molecular weight excluding hydrogens is 304 g/mol. The van der Waals surface area contributed by atoms with Gasteiger partial charge in [-0.05, 0) is 30.3 Å². The van der Waals surface area contributed by atoms with Crippen molar-refractivity contribution in [2.75, 3.05) is 14.2 Å². The number of nitrogens with one attached hydrogen (secondary N) is 2. The largest absolute Gasteiger partial charge is 0.493 e. The van der Waals surface area contributed by atoms with E-state index in [1.165, 1.54) is 0 Å². The molecule has 5 nitrogen and oxygen atoms in total. The Morgan fingerprint density at radius 2 is 1.92 bits per heavy atom. The molecule has 3 aromatic rings. The lowest BCUT2D eigenvalue weighted by molar-refractivity contribution is 0.0925. The van der Waals surface area contributed by atoms with Crippen molar-refractivity contribution in [1.29, 1.82) is 0 Å². The number of rotatable bonds is 6. The van der Waals surface area contributed by atoms with Gasteiger partial charge in [0.05, 0.1) is 7.11 Å². The maximum Gasteiger partial charge on any atom is 0.287 e. The van der Waals surface area contributed by atoms with Crippen LogP contribution in [0.4, 0.5) is 0 Å². The molecule has 2 aromatic carbocycles. The number of hydrogen-bond donors (Lipinski definition) is 2. The van der Waals surface area contributed by atoms with Crippen LogP contribution in [0.3, 0.4) is 0 Å². The second kappa shape index (κ2) is 7.19. The molecule has 0 saturated carbocycles. The lowest BCUT2D eigenvalue weighted by atomic mass is 10.1. The van der Waals surface area contributed by atoms with Gasteiger partial charge in [-0.1, -0.05) is 36.4 Å². The first-order valence-electron chi connectivity index (χ1n) is 7.79. The van der Waals surface area contributed by atoms with Crippen LogP contribution in [0.2, 0.25) is 0 Å². The number of carbonyl (C=O) groups excluding carboxylic acids is 1. The minimum absolute atomic E-state index is 0.243. The van der Waals surface area contributed by atoms with Crippen molar-refractivity contribution in [3.05, 3.63) is 65.4 Å². The fourth-order valence-electron chi connectivity index (χ4n) is 2.64. The van der Waals surface area contributed by atoms with E-state index in [0.29, 0.717) is 24.4 Å². The number of hydrogen-bond acceptors (Lipinski definition) is 4. The zero-order valence-corrected chi connectivity index (χ0v) is 13.8. The first-order valence-corrected chi connectivity index (χ1v) is 7.79. The Labute approximate surface area is 140 Å². The molecule has 0 spiro atoms. The van der Waals surface area contributed by atoms with Crippen molar-refractivity contribution in [2.24, 2.45) is 0 Å². The molecule has 3 rings (SSSR count). The van der Waals surface area contributed by atoms with Gasteiger partial charge in [-0.15, -0.1) is 0 Å². The molecule has 0 saturated heterocycles. The lowest BCUT2D eigenvalue weighted by Gasteiger charge is -2.05. The van der Waals surface area contributed by atoms with Gasteiger partial charge in [-0.3, -0.25) is 4.79 Å². The Kier molecular flexibility index (Phi) is 4.82. The topological polar surface area (TPSA) is 63.5 Å². The van der Waals surface area contributed by atoms with Gasteiger partial charge >= 0.3 is 0 Å². The second-order valence-electron chi connectivity index (χ2n) is 5.48. The van der Waals surface area contributed by atoms with E-state index in [0.717, 1.165) is 16.5 Å². The number of ether oxygens (including phenoxy) is 1. The van der Waals surface area contributed by atoms with E-state index < -0.39 is 0 Å². The van der Waals surface area contributed by atoms with E-state index in [1.54, 1.807) is 13.2 Å². The summed E-state index contributed by atoms with van der Waals surface area (Å²) in [6, 6.07) is 15.4. The Bertz CT molecular complexity index is 840. The van der Waals surface area contributed by atoms with Crippen molar-refractivity contribution < 1.29 is 13.9 Å². The van der Waals surface area contributed by atoms with Crippen molar-refractivity contribution in [3.63, 3.8) is 0 Å². The number of furan rings is 1. The zero-order chi connectivity index (χ0) is 16.9. The third-order valence-electron chi connectivity index (χ3n) is 3.84. The molecule has 1 amide bonds. The molecule has 1 heterocycles. The third kappa shape index (κ3) is 3.26. The molecular formula is C19H20N2O3. The van der Waals surface area contributed by atoms with E-state index >= 15 is 0 Å². The van der Waals surface area contributed by atoms with Crippen LogP contribution < -0.4 is 15.4 Å². The summed E-state index contributed by atoms with van der Waals surface area (Å²) in [5.41, 5.74) is 2.68. The molecule has 24 heavy (non-hydrogen) atoms. The van der Waals surface area contributed by atoms with Crippen molar-refractivity contribution in [1.82, 2.24) is 10.6 Å². The van der Waals surface area contributed by atoms with Gasteiger partial charge in [0.1, 0.15) is 0 Å². The van der Waals surface area contributed by atoms with Gasteiger partial charge in [0, 0.05) is 18.5 Å². The normalized spacial score (nSPS) is 10.8. The van der Waals surface area contributed by atoms with Crippen LogP contribution in [0.5, 0.6) is 5.75 Å². The highest BCUT2D eigenvalue weighted by Crippen LogP contribution is 2.31. The predicted octanol–water partition coefficient (Wildman–Crippen LogP) is 3.09. The summed E-state index contributed by atoms with van der Waals surface area (Å²) >= 11 is 0. The molecule has 0 fully saturated rings. The second-order valence-corrected chi connectivity index (χ2v) is 5.48. The number of fused-ring (bicyclic) bond motifs is 1. The summed E-state index contributed by atoms with van der Waals surface area (Å²) in [5, 5.41) is 6.87. The van der Waals surface area contributed by atoms with Crippen LogP contribution in [0.1, 0.15) is 21.7 Å². The highest BCUT2D eigenvalue weighted by atomic mass is 16.5. The first-order chi connectivity index (χ1) is 11.7. The van der Waals surface area contributed by atoms with Crippen LogP contribution in [0, 0.1) is 0 Å². The zero-order valence-electron chi connectivity index (χ0n) is 13.8. The van der Waals surface area contributed by atoms with Crippen LogP contribution in [-0.4, -0.2) is 20.1 Å². The predicted molar refractivity (Wildman–Crippen MR) is 93.1 cm³/mol. The van der Waals surface area contributed by atoms with Gasteiger partial charge in [-0.25, -0.2) is 0 Å². The fraction of sp³-hybridized carbons (Fsp3) is 0.211. The van der Waals surface area contributed by atoms with Crippen LogP contribution in [0.15, 0.2) is 52.9 Å². The quantitative estimate of drug-likeness (QED) is 0.731. The maximum atomic E-state index is 12.4. The smallest absolute Gasteiger partial charge is 0.287 e. The number of amides is 1. The molecule has 0 aliphatic rings. The molecule has 0 aliphatic heterocycles. The summed E-state index contributed by atoms with van der Waals surface area (Å²) in [4.78, 5) is 12.4. The SMILES string of the molecule is CNCc1ccc(OC)c2oc(C(=O)NCc3ccccc3)cc12. The fourth-order valence-corrected chi connectivity index (χ4v) is 2.64. The van der Waals surface area contributed by atoms with Crippen LogP contribution in [-0.2, 0) is 13.1 Å². The van der Waals surface area contributed by atoms with E-state index in [1.807, 2.05) is 49.5 Å². The van der Waals surface area contributed by atoms with E-state index in [4.69, 9.17) is 9.15 Å². The average molecular weight is 324 g/mol. The van der Waals surface area contributed by atoms with Crippen molar-refractivity contribution in [3.8, 4) is 5.75 Å². The minimum atomic E-state index is -0.243. The molecule has 0 atom stereocenters. The molecule has 0 unspecified atom stereocenters. The number of benzene rings is 2.